The number of amides is 1. The second-order valence-corrected chi connectivity index (χ2v) is 7.79. The molecule has 0 radical (unpaired) electrons. The van der Waals surface area contributed by atoms with Crippen molar-refractivity contribution in [2.75, 3.05) is 11.9 Å². The molecule has 9 heteroatoms. The topological polar surface area (TPSA) is 113 Å². The molecule has 0 aliphatic rings. The van der Waals surface area contributed by atoms with Gasteiger partial charge in [0.2, 0.25) is 11.0 Å². The zero-order valence-corrected chi connectivity index (χ0v) is 16.2. The maximum absolute atomic E-state index is 12.0. The third-order valence-electron chi connectivity index (χ3n) is 4.16. The molecule has 2 rings (SSSR count). The molecule has 140 valence electrons. The Labute approximate surface area is 161 Å². The van der Waals surface area contributed by atoms with Crippen LogP contribution in [0.15, 0.2) is 30.3 Å². The summed E-state index contributed by atoms with van der Waals surface area (Å²) < 4.78 is 0.492. The third-order valence-corrected chi connectivity index (χ3v) is 5.16. The van der Waals surface area contributed by atoms with Gasteiger partial charge in [-0.25, -0.2) is 0 Å². The minimum Gasteiger partial charge on any atom is -0.356 e. The Hall–Kier alpha value is -2.10. The molecular weight excluding hydrogens is 370 g/mol. The van der Waals surface area contributed by atoms with Gasteiger partial charge >= 0.3 is 0 Å². The smallest absolute Gasteiger partial charge is 0.220 e. The summed E-state index contributed by atoms with van der Waals surface area (Å²) in [5, 5.41) is 12.8. The van der Waals surface area contributed by atoms with Crippen molar-refractivity contribution in [3.63, 3.8) is 0 Å². The number of aromatic amines is 1. The van der Waals surface area contributed by atoms with E-state index < -0.39 is 5.66 Å². The van der Waals surface area contributed by atoms with E-state index in [0.29, 0.717) is 34.8 Å². The summed E-state index contributed by atoms with van der Waals surface area (Å²) in [6.07, 6.45) is 2.19. The summed E-state index contributed by atoms with van der Waals surface area (Å²) in [7, 11) is 0. The lowest BCUT2D eigenvalue weighted by molar-refractivity contribution is -0.122. The maximum Gasteiger partial charge on any atom is 0.220 e. The normalized spacial score (nSPS) is 14.2. The van der Waals surface area contributed by atoms with Gasteiger partial charge in [0.05, 0.1) is 0 Å². The average Bonchev–Trinajstić information content (AvgIpc) is 3.05. The highest BCUT2D eigenvalue weighted by molar-refractivity contribution is 7.73. The van der Waals surface area contributed by atoms with E-state index >= 15 is 0 Å². The zero-order valence-electron chi connectivity index (χ0n) is 14.5. The predicted octanol–water partition coefficient (Wildman–Crippen LogP) is 2.24. The minimum absolute atomic E-state index is 0.0588. The molecule has 26 heavy (non-hydrogen) atoms. The van der Waals surface area contributed by atoms with E-state index in [1.54, 1.807) is 0 Å². The molecule has 0 fully saturated rings. The number of carbonyl (C=O) groups excluding carboxylic acids is 2. The molecule has 2 unspecified atom stereocenters. The number of hydrogen-bond acceptors (Lipinski definition) is 7. The summed E-state index contributed by atoms with van der Waals surface area (Å²) in [4.78, 5) is 23.5. The largest absolute Gasteiger partial charge is 0.356 e. The summed E-state index contributed by atoms with van der Waals surface area (Å²) in [5.74, 6) is -0.325. The highest BCUT2D eigenvalue weighted by Crippen LogP contribution is 2.22. The summed E-state index contributed by atoms with van der Waals surface area (Å²) >= 11 is 6.16. The number of anilines is 1. The molecule has 0 bridgehead atoms. The van der Waals surface area contributed by atoms with Crippen LogP contribution in [0.3, 0.4) is 0 Å². The number of aromatic nitrogens is 2. The van der Waals surface area contributed by atoms with E-state index in [9.17, 15) is 9.59 Å². The van der Waals surface area contributed by atoms with Gasteiger partial charge in [-0.3, -0.25) is 14.7 Å². The number of nitrogens with zero attached hydrogens (tertiary/aromatic N) is 1. The molecule has 7 nitrogen and oxygen atoms in total. The Balaban J connectivity index is 1.77. The monoisotopic (exact) mass is 393 g/mol. The van der Waals surface area contributed by atoms with Gasteiger partial charge in [-0.1, -0.05) is 48.6 Å². The molecule has 0 saturated heterocycles. The van der Waals surface area contributed by atoms with E-state index in [-0.39, 0.29) is 11.8 Å². The Morgan fingerprint density at radius 3 is 2.81 bits per heavy atom. The molecule has 0 aliphatic heterocycles. The zero-order chi connectivity index (χ0) is 19.0. The van der Waals surface area contributed by atoms with Crippen molar-refractivity contribution in [3.05, 3.63) is 39.8 Å². The lowest BCUT2D eigenvalue weighted by atomic mass is 9.91. The standard InChI is InChI=1S/C17H23N5O2S2/c1-12(17(18,11-23)20-15-21-22-16(25)26-15)7-8-14(24)19-10-9-13-5-3-2-4-6-13/h2-6,11-12H,7-10,18H2,1H3,(H,19,24)(H,20,21)(H,22,25). The quantitative estimate of drug-likeness (QED) is 0.280. The van der Waals surface area contributed by atoms with Gasteiger partial charge in [-0.05, 0) is 36.5 Å². The number of H-pyrrole nitrogens is 1. The van der Waals surface area contributed by atoms with Crippen LogP contribution >= 0.6 is 23.6 Å². The lowest BCUT2D eigenvalue weighted by Gasteiger charge is -2.30. The summed E-state index contributed by atoms with van der Waals surface area (Å²) in [5.41, 5.74) is 6.02. The molecule has 1 heterocycles. The van der Waals surface area contributed by atoms with Gasteiger partial charge in [0.25, 0.3) is 0 Å². The number of rotatable bonds is 10. The molecule has 1 aromatic carbocycles. The number of nitrogens with one attached hydrogen (secondary N) is 3. The first-order valence-electron chi connectivity index (χ1n) is 8.32. The molecule has 0 aliphatic carbocycles. The van der Waals surface area contributed by atoms with Crippen LogP contribution < -0.4 is 16.4 Å². The molecular formula is C17H23N5O2S2. The van der Waals surface area contributed by atoms with Crippen LogP contribution in [0.25, 0.3) is 0 Å². The van der Waals surface area contributed by atoms with Crippen molar-refractivity contribution in [2.24, 2.45) is 11.7 Å². The van der Waals surface area contributed by atoms with Crippen LogP contribution in [-0.4, -0.2) is 34.6 Å². The highest BCUT2D eigenvalue weighted by atomic mass is 32.1. The molecule has 2 aromatic rings. The summed E-state index contributed by atoms with van der Waals surface area (Å²) in [6, 6.07) is 9.96. The fourth-order valence-electron chi connectivity index (χ4n) is 2.40. The van der Waals surface area contributed by atoms with Crippen molar-refractivity contribution >= 4 is 40.9 Å². The number of aldehydes is 1. The number of carbonyl (C=O) groups is 2. The number of nitrogens with two attached hydrogens (primary N) is 1. The fourth-order valence-corrected chi connectivity index (χ4v) is 3.27. The van der Waals surface area contributed by atoms with Crippen LogP contribution in [0.4, 0.5) is 5.13 Å². The number of hydrogen-bond donors (Lipinski definition) is 4. The Bertz CT molecular complexity index is 777. The van der Waals surface area contributed by atoms with Crippen molar-refractivity contribution < 1.29 is 9.59 Å². The van der Waals surface area contributed by atoms with Gasteiger partial charge < -0.3 is 16.4 Å². The van der Waals surface area contributed by atoms with E-state index in [1.807, 2.05) is 37.3 Å². The van der Waals surface area contributed by atoms with Gasteiger partial charge in [-0.2, -0.15) is 0 Å². The highest BCUT2D eigenvalue weighted by Gasteiger charge is 2.32. The van der Waals surface area contributed by atoms with Crippen molar-refractivity contribution in [3.8, 4) is 0 Å². The third kappa shape index (κ3) is 6.01. The number of benzene rings is 1. The predicted molar refractivity (Wildman–Crippen MR) is 105 cm³/mol. The Kier molecular flexibility index (Phi) is 7.43. The molecule has 5 N–H and O–H groups in total. The van der Waals surface area contributed by atoms with E-state index in [1.165, 1.54) is 16.9 Å². The SMILES string of the molecule is CC(CCC(=O)NCCc1ccccc1)C(N)(C=O)Nc1n[nH]c(=S)s1. The Morgan fingerprint density at radius 1 is 1.46 bits per heavy atom. The molecule has 0 spiro atoms. The van der Waals surface area contributed by atoms with Crippen LogP contribution in [0.5, 0.6) is 0 Å². The van der Waals surface area contributed by atoms with Crippen molar-refractivity contribution in [2.45, 2.75) is 31.8 Å². The first-order valence-corrected chi connectivity index (χ1v) is 9.55. The first-order chi connectivity index (χ1) is 12.4. The van der Waals surface area contributed by atoms with E-state index in [4.69, 9.17) is 18.0 Å². The van der Waals surface area contributed by atoms with Gasteiger partial charge in [-0.15, -0.1) is 5.10 Å². The maximum atomic E-state index is 12.0. The average molecular weight is 394 g/mol. The van der Waals surface area contributed by atoms with E-state index in [0.717, 1.165) is 6.42 Å². The molecule has 1 amide bonds. The fraction of sp³-hybridized carbons (Fsp3) is 0.412. The van der Waals surface area contributed by atoms with Gasteiger partial charge in [0.15, 0.2) is 10.2 Å². The van der Waals surface area contributed by atoms with Crippen molar-refractivity contribution in [1.82, 2.24) is 15.5 Å². The van der Waals surface area contributed by atoms with Gasteiger partial charge in [0, 0.05) is 13.0 Å². The second kappa shape index (κ2) is 9.56. The minimum atomic E-state index is -1.31. The first kappa shape index (κ1) is 20.2. The second-order valence-electron chi connectivity index (χ2n) is 6.12. The van der Waals surface area contributed by atoms with Gasteiger partial charge in [0.1, 0.15) is 5.66 Å². The van der Waals surface area contributed by atoms with Crippen LogP contribution in [0.1, 0.15) is 25.3 Å². The molecule has 2 atom stereocenters. The van der Waals surface area contributed by atoms with Crippen LogP contribution in [0, 0.1) is 9.87 Å². The Morgan fingerprint density at radius 2 is 2.19 bits per heavy atom. The van der Waals surface area contributed by atoms with E-state index in [2.05, 4.69) is 20.8 Å². The van der Waals surface area contributed by atoms with Crippen LogP contribution in [0.2, 0.25) is 0 Å². The lowest BCUT2D eigenvalue weighted by Crippen LogP contribution is -2.55. The molecule has 1 aromatic heterocycles. The molecule has 0 saturated carbocycles. The van der Waals surface area contributed by atoms with Crippen LogP contribution in [-0.2, 0) is 16.0 Å². The van der Waals surface area contributed by atoms with Crippen molar-refractivity contribution in [1.29, 1.82) is 0 Å². The summed E-state index contributed by atoms with van der Waals surface area (Å²) in [6.45, 7) is 2.40.